The lowest BCUT2D eigenvalue weighted by atomic mass is 9.97. The van der Waals surface area contributed by atoms with Crippen LogP contribution in [0.15, 0.2) is 29.3 Å². The summed E-state index contributed by atoms with van der Waals surface area (Å²) in [7, 11) is 1.60. The third-order valence-electron chi connectivity index (χ3n) is 6.07. The summed E-state index contributed by atoms with van der Waals surface area (Å²) in [5.74, 6) is 1.08. The minimum atomic E-state index is -0.0194. The second-order valence-corrected chi connectivity index (χ2v) is 7.95. The number of urea groups is 1. The third-order valence-corrected chi connectivity index (χ3v) is 6.07. The van der Waals surface area contributed by atoms with Gasteiger partial charge in [-0.2, -0.15) is 0 Å². The zero-order chi connectivity index (χ0) is 19.5. The van der Waals surface area contributed by atoms with E-state index in [1.807, 2.05) is 4.90 Å². The van der Waals surface area contributed by atoms with E-state index in [9.17, 15) is 9.59 Å². The van der Waals surface area contributed by atoms with Gasteiger partial charge in [0.25, 0.3) is 5.56 Å². The van der Waals surface area contributed by atoms with Crippen LogP contribution in [-0.4, -0.2) is 46.7 Å². The van der Waals surface area contributed by atoms with E-state index >= 15 is 0 Å². The third kappa shape index (κ3) is 3.98. The maximum Gasteiger partial charge on any atom is 0.317 e. The Hall–Kier alpha value is -2.57. The van der Waals surface area contributed by atoms with Crippen molar-refractivity contribution < 1.29 is 9.53 Å². The number of nitrogens with zero attached hydrogens (tertiary/aromatic N) is 3. The van der Waals surface area contributed by atoms with Crippen molar-refractivity contribution in [3.63, 3.8) is 0 Å². The molecule has 0 unspecified atom stereocenters. The zero-order valence-corrected chi connectivity index (χ0v) is 16.4. The molecule has 0 radical (unpaired) electrons. The molecule has 2 aromatic rings. The molecule has 2 heterocycles. The largest absolute Gasteiger partial charge is 0.497 e. The Labute approximate surface area is 164 Å². The minimum absolute atomic E-state index is 0.0194. The van der Waals surface area contributed by atoms with Crippen LogP contribution in [0.2, 0.25) is 0 Å². The number of hydrogen-bond donors (Lipinski definition) is 1. The van der Waals surface area contributed by atoms with Gasteiger partial charge < -0.3 is 15.0 Å². The van der Waals surface area contributed by atoms with Crippen molar-refractivity contribution in [2.75, 3.05) is 20.2 Å². The van der Waals surface area contributed by atoms with Crippen LogP contribution in [0.1, 0.15) is 38.5 Å². The molecule has 1 saturated carbocycles. The van der Waals surface area contributed by atoms with Crippen LogP contribution in [0.4, 0.5) is 4.79 Å². The Morgan fingerprint density at radius 3 is 2.68 bits per heavy atom. The van der Waals surface area contributed by atoms with Gasteiger partial charge in [0.2, 0.25) is 0 Å². The summed E-state index contributed by atoms with van der Waals surface area (Å²) in [6, 6.07) is 5.77. The van der Waals surface area contributed by atoms with Crippen molar-refractivity contribution in [1.82, 2.24) is 19.8 Å². The molecule has 1 saturated heterocycles. The maximum absolute atomic E-state index is 12.8. The number of nitrogens with one attached hydrogen (secondary N) is 1. The normalized spacial score (nSPS) is 18.5. The van der Waals surface area contributed by atoms with Crippen molar-refractivity contribution in [3.05, 3.63) is 34.9 Å². The van der Waals surface area contributed by atoms with Gasteiger partial charge in [-0.1, -0.05) is 12.8 Å². The van der Waals surface area contributed by atoms with Gasteiger partial charge in [0.05, 0.1) is 24.3 Å². The second-order valence-electron chi connectivity index (χ2n) is 7.95. The number of carbonyl (C=O) groups excluding carboxylic acids is 1. The van der Waals surface area contributed by atoms with Gasteiger partial charge in [-0.05, 0) is 43.7 Å². The average Bonchev–Trinajstić information content (AvgIpc) is 3.23. The molecule has 150 valence electrons. The monoisotopic (exact) mass is 384 g/mol. The quantitative estimate of drug-likeness (QED) is 0.879. The summed E-state index contributed by atoms with van der Waals surface area (Å²) >= 11 is 0. The highest BCUT2D eigenvalue weighted by atomic mass is 16.5. The van der Waals surface area contributed by atoms with E-state index in [1.54, 1.807) is 36.2 Å². The smallest absolute Gasteiger partial charge is 0.317 e. The number of rotatable bonds is 4. The molecule has 7 nitrogen and oxygen atoms in total. The Morgan fingerprint density at radius 2 is 1.96 bits per heavy atom. The zero-order valence-electron chi connectivity index (χ0n) is 16.4. The lowest BCUT2D eigenvalue weighted by molar-refractivity contribution is 0.162. The minimum Gasteiger partial charge on any atom is -0.497 e. The fraction of sp³-hybridized carbons (Fsp3) is 0.571. The van der Waals surface area contributed by atoms with E-state index in [-0.39, 0.29) is 11.6 Å². The molecule has 0 bridgehead atoms. The predicted octanol–water partition coefficient (Wildman–Crippen LogP) is 2.77. The second kappa shape index (κ2) is 8.20. The highest BCUT2D eigenvalue weighted by Gasteiger charge is 2.25. The summed E-state index contributed by atoms with van der Waals surface area (Å²) < 4.78 is 6.90. The SMILES string of the molecule is COc1ccc2c(=O)n(CC3CCN(C(=O)NC4CCCC4)CC3)cnc2c1. The molecule has 28 heavy (non-hydrogen) atoms. The van der Waals surface area contributed by atoms with E-state index in [4.69, 9.17) is 4.74 Å². The standard InChI is InChI=1S/C21H28N4O3/c1-28-17-6-7-18-19(12-17)22-14-25(20(18)26)13-15-8-10-24(11-9-15)21(27)23-16-4-2-3-5-16/h6-7,12,14-16H,2-5,8-11,13H2,1H3,(H,23,27). The van der Waals surface area contributed by atoms with Crippen LogP contribution in [0, 0.1) is 5.92 Å². The summed E-state index contributed by atoms with van der Waals surface area (Å²) in [6.45, 7) is 2.14. The van der Waals surface area contributed by atoms with Gasteiger partial charge in [-0.3, -0.25) is 9.36 Å². The Morgan fingerprint density at radius 1 is 1.21 bits per heavy atom. The molecule has 7 heteroatoms. The molecule has 1 aromatic heterocycles. The van der Waals surface area contributed by atoms with Gasteiger partial charge in [-0.25, -0.2) is 9.78 Å². The van der Waals surface area contributed by atoms with Gasteiger partial charge in [0.1, 0.15) is 5.75 Å². The lowest BCUT2D eigenvalue weighted by Gasteiger charge is -2.33. The van der Waals surface area contributed by atoms with E-state index in [2.05, 4.69) is 10.3 Å². The first-order valence-corrected chi connectivity index (χ1v) is 10.2. The van der Waals surface area contributed by atoms with Crippen molar-refractivity contribution in [1.29, 1.82) is 0 Å². The number of amides is 2. The van der Waals surface area contributed by atoms with Crippen molar-refractivity contribution in [2.24, 2.45) is 5.92 Å². The van der Waals surface area contributed by atoms with Crippen LogP contribution in [-0.2, 0) is 6.54 Å². The summed E-state index contributed by atoms with van der Waals surface area (Å²) in [5.41, 5.74) is 0.632. The molecule has 1 aliphatic carbocycles. The van der Waals surface area contributed by atoms with E-state index < -0.39 is 0 Å². The van der Waals surface area contributed by atoms with Gasteiger partial charge in [0.15, 0.2) is 0 Å². The number of hydrogen-bond acceptors (Lipinski definition) is 4. The fourth-order valence-electron chi connectivity index (χ4n) is 4.33. The number of fused-ring (bicyclic) bond motifs is 1. The molecule has 2 aliphatic rings. The first-order valence-electron chi connectivity index (χ1n) is 10.2. The molecule has 1 aliphatic heterocycles. The summed E-state index contributed by atoms with van der Waals surface area (Å²) in [4.78, 5) is 31.5. The highest BCUT2D eigenvalue weighted by molar-refractivity contribution is 5.78. The topological polar surface area (TPSA) is 76.5 Å². The molecule has 4 rings (SSSR count). The maximum atomic E-state index is 12.8. The van der Waals surface area contributed by atoms with Crippen LogP contribution in [0.25, 0.3) is 10.9 Å². The molecule has 0 atom stereocenters. The number of likely N-dealkylation sites (tertiary alicyclic amines) is 1. The van der Waals surface area contributed by atoms with Crippen LogP contribution in [0.5, 0.6) is 5.75 Å². The Bertz CT molecular complexity index is 896. The molecule has 0 spiro atoms. The van der Waals surface area contributed by atoms with Gasteiger partial charge in [-0.15, -0.1) is 0 Å². The molecule has 2 amide bonds. The van der Waals surface area contributed by atoms with Crippen molar-refractivity contribution >= 4 is 16.9 Å². The van der Waals surface area contributed by atoms with Crippen LogP contribution < -0.4 is 15.6 Å². The molecular formula is C21H28N4O3. The number of ether oxygens (including phenoxy) is 1. The predicted molar refractivity (Wildman–Crippen MR) is 108 cm³/mol. The molecule has 2 fully saturated rings. The van der Waals surface area contributed by atoms with Crippen LogP contribution in [0.3, 0.4) is 0 Å². The summed E-state index contributed by atoms with van der Waals surface area (Å²) in [6.07, 6.45) is 8.08. The number of carbonyl (C=O) groups is 1. The summed E-state index contributed by atoms with van der Waals surface area (Å²) in [5, 5.41) is 3.77. The molecule has 1 aromatic carbocycles. The lowest BCUT2D eigenvalue weighted by Crippen LogP contribution is -2.47. The number of methoxy groups -OCH3 is 1. The van der Waals surface area contributed by atoms with Crippen LogP contribution >= 0.6 is 0 Å². The van der Waals surface area contributed by atoms with Crippen molar-refractivity contribution in [2.45, 2.75) is 51.1 Å². The molecular weight excluding hydrogens is 356 g/mol. The van der Waals surface area contributed by atoms with Gasteiger partial charge in [0, 0.05) is 31.7 Å². The van der Waals surface area contributed by atoms with E-state index in [1.165, 1.54) is 12.8 Å². The molecule has 1 N–H and O–H groups in total. The first-order chi connectivity index (χ1) is 13.6. The van der Waals surface area contributed by atoms with Gasteiger partial charge >= 0.3 is 6.03 Å². The van der Waals surface area contributed by atoms with E-state index in [0.717, 1.165) is 38.8 Å². The average molecular weight is 384 g/mol. The first kappa shape index (κ1) is 18.8. The van der Waals surface area contributed by atoms with E-state index in [0.29, 0.717) is 35.2 Å². The number of piperidine rings is 1. The number of benzene rings is 1. The van der Waals surface area contributed by atoms with Crippen molar-refractivity contribution in [3.8, 4) is 5.75 Å². The Balaban J connectivity index is 1.36. The Kier molecular flexibility index (Phi) is 5.50. The number of aromatic nitrogens is 2. The fourth-order valence-corrected chi connectivity index (χ4v) is 4.33. The highest BCUT2D eigenvalue weighted by Crippen LogP contribution is 2.22.